The summed E-state index contributed by atoms with van der Waals surface area (Å²) in [6.45, 7) is 0.484. The third kappa shape index (κ3) is 6.04. The zero-order valence-electron chi connectivity index (χ0n) is 15.3. The zero-order chi connectivity index (χ0) is 21.8. The number of esters is 1. The van der Waals surface area contributed by atoms with Crippen LogP contribution < -0.4 is 10.0 Å². The molecule has 2 N–H and O–H groups in total. The van der Waals surface area contributed by atoms with Crippen molar-refractivity contribution in [1.82, 2.24) is 14.6 Å². The van der Waals surface area contributed by atoms with Gasteiger partial charge in [0, 0.05) is 13.2 Å². The van der Waals surface area contributed by atoms with Gasteiger partial charge >= 0.3 is 5.97 Å². The molecule has 2 amide bonds. The quantitative estimate of drug-likeness (QED) is 0.602. The lowest BCUT2D eigenvalue weighted by atomic mass is 10.4. The molecular formula is C17H17Cl2N3O6S. The van der Waals surface area contributed by atoms with Gasteiger partial charge in [-0.15, -0.1) is 0 Å². The molecule has 0 radical (unpaired) electrons. The number of hydrogen-bond donors (Lipinski definition) is 2. The number of nitrogens with one attached hydrogen (secondary N) is 2. The van der Waals surface area contributed by atoms with E-state index >= 15 is 0 Å². The average molecular weight is 462 g/mol. The highest BCUT2D eigenvalue weighted by Gasteiger charge is 2.24. The van der Waals surface area contributed by atoms with Crippen LogP contribution in [0.5, 0.6) is 0 Å². The number of sulfonamides is 1. The van der Waals surface area contributed by atoms with Crippen molar-refractivity contribution in [3.05, 3.63) is 52.3 Å². The summed E-state index contributed by atoms with van der Waals surface area (Å²) in [5.74, 6) is -2.52. The molecule has 2 aromatic rings. The Bertz CT molecular complexity index is 1050. The summed E-state index contributed by atoms with van der Waals surface area (Å²) in [6, 6.07) is 5.49. The Kier molecular flexibility index (Phi) is 7.42. The van der Waals surface area contributed by atoms with Crippen molar-refractivity contribution < 1.29 is 27.5 Å². The maximum atomic E-state index is 12.3. The fourth-order valence-electron chi connectivity index (χ4n) is 2.18. The highest BCUT2D eigenvalue weighted by atomic mass is 35.5. The molecule has 9 nitrogen and oxygen atoms in total. The Labute approximate surface area is 177 Å². The van der Waals surface area contributed by atoms with Crippen LogP contribution in [-0.2, 0) is 31.4 Å². The maximum absolute atomic E-state index is 12.3. The van der Waals surface area contributed by atoms with Crippen molar-refractivity contribution in [2.24, 2.45) is 7.05 Å². The molecule has 0 unspecified atom stereocenters. The first-order valence-electron chi connectivity index (χ1n) is 8.11. The van der Waals surface area contributed by atoms with E-state index < -0.39 is 40.5 Å². The Hall–Kier alpha value is -2.40. The number of aromatic nitrogens is 1. The molecule has 1 aromatic carbocycles. The fraction of sp³-hybridized carbons (Fsp3) is 0.235. The van der Waals surface area contributed by atoms with Crippen LogP contribution in [0.1, 0.15) is 17.4 Å². The molecule has 1 atom stereocenters. The SMILES string of the molecule is C[C@H](NS(=O)(=O)c1ccc(Cl)c(Cl)c1)C(=O)OCC(=O)NC(=O)c1cccn1C. The van der Waals surface area contributed by atoms with Crippen molar-refractivity contribution in [3.63, 3.8) is 0 Å². The summed E-state index contributed by atoms with van der Waals surface area (Å²) in [7, 11) is -2.46. The minimum atomic E-state index is -4.09. The number of halogens is 2. The summed E-state index contributed by atoms with van der Waals surface area (Å²) in [4.78, 5) is 35.5. The van der Waals surface area contributed by atoms with Crippen molar-refractivity contribution in [2.75, 3.05) is 6.61 Å². The van der Waals surface area contributed by atoms with Crippen molar-refractivity contribution in [3.8, 4) is 0 Å². The van der Waals surface area contributed by atoms with E-state index in [9.17, 15) is 22.8 Å². The van der Waals surface area contributed by atoms with E-state index in [0.29, 0.717) is 0 Å². The van der Waals surface area contributed by atoms with E-state index in [1.54, 1.807) is 19.3 Å². The molecule has 12 heteroatoms. The lowest BCUT2D eigenvalue weighted by molar-refractivity contribution is -0.149. The number of benzene rings is 1. The summed E-state index contributed by atoms with van der Waals surface area (Å²) in [5.41, 5.74) is 0.243. The molecule has 0 spiro atoms. The smallest absolute Gasteiger partial charge is 0.324 e. The van der Waals surface area contributed by atoms with E-state index in [4.69, 9.17) is 27.9 Å². The molecule has 0 aliphatic heterocycles. The Morgan fingerprint density at radius 1 is 1.17 bits per heavy atom. The van der Waals surface area contributed by atoms with Crippen LogP contribution in [-0.4, -0.2) is 43.4 Å². The largest absolute Gasteiger partial charge is 0.454 e. The van der Waals surface area contributed by atoms with Crippen LogP contribution >= 0.6 is 23.2 Å². The number of hydrogen-bond acceptors (Lipinski definition) is 6. The first-order valence-corrected chi connectivity index (χ1v) is 10.3. The summed E-state index contributed by atoms with van der Waals surface area (Å²) in [5, 5.41) is 2.27. The minimum absolute atomic E-state index is 0.0318. The number of aryl methyl sites for hydroxylation is 1. The van der Waals surface area contributed by atoms with Gasteiger partial charge in [0.1, 0.15) is 11.7 Å². The Balaban J connectivity index is 1.89. The van der Waals surface area contributed by atoms with Crippen LogP contribution in [0.25, 0.3) is 0 Å². The van der Waals surface area contributed by atoms with Crippen LogP contribution in [0.2, 0.25) is 10.0 Å². The highest BCUT2D eigenvalue weighted by molar-refractivity contribution is 7.89. The van der Waals surface area contributed by atoms with E-state index in [1.807, 2.05) is 0 Å². The molecular weight excluding hydrogens is 445 g/mol. The molecule has 0 aliphatic carbocycles. The monoisotopic (exact) mass is 461 g/mol. The number of nitrogens with zero attached hydrogens (tertiary/aromatic N) is 1. The molecule has 2 rings (SSSR count). The number of imide groups is 1. The number of ether oxygens (including phenoxy) is 1. The van der Waals surface area contributed by atoms with Gasteiger partial charge in [0.05, 0.1) is 14.9 Å². The van der Waals surface area contributed by atoms with Gasteiger partial charge in [-0.2, -0.15) is 4.72 Å². The Morgan fingerprint density at radius 3 is 2.45 bits per heavy atom. The topological polar surface area (TPSA) is 124 Å². The third-order valence-corrected chi connectivity index (χ3v) is 5.94. The lowest BCUT2D eigenvalue weighted by Crippen LogP contribution is -2.41. The van der Waals surface area contributed by atoms with Crippen molar-refractivity contribution in [2.45, 2.75) is 17.9 Å². The predicted octanol–water partition coefficient (Wildman–Crippen LogP) is 1.50. The number of carbonyl (C=O) groups is 3. The summed E-state index contributed by atoms with van der Waals surface area (Å²) in [6.07, 6.45) is 1.63. The van der Waals surface area contributed by atoms with Crippen LogP contribution in [0, 0.1) is 0 Å². The fourth-order valence-corrected chi connectivity index (χ4v) is 3.76. The minimum Gasteiger partial charge on any atom is -0.454 e. The average Bonchev–Trinajstić information content (AvgIpc) is 3.07. The molecule has 0 aliphatic rings. The Morgan fingerprint density at radius 2 is 1.86 bits per heavy atom. The van der Waals surface area contributed by atoms with Crippen LogP contribution in [0.4, 0.5) is 0 Å². The standard InChI is InChI=1S/C17H17Cl2N3O6S/c1-10(21-29(26,27)11-5-6-12(18)13(19)8-11)17(25)28-9-15(23)20-16(24)14-4-3-7-22(14)2/h3-8,10,21H,9H2,1-2H3,(H,20,23,24)/t10-/m0/s1. The molecule has 0 fully saturated rings. The van der Waals surface area contributed by atoms with Gasteiger partial charge in [-0.1, -0.05) is 23.2 Å². The van der Waals surface area contributed by atoms with E-state index in [1.165, 1.54) is 29.7 Å². The van der Waals surface area contributed by atoms with Gasteiger partial charge in [-0.3, -0.25) is 19.7 Å². The number of rotatable bonds is 7. The molecule has 0 bridgehead atoms. The lowest BCUT2D eigenvalue weighted by Gasteiger charge is -2.14. The molecule has 1 aromatic heterocycles. The first kappa shape index (κ1) is 22.9. The van der Waals surface area contributed by atoms with Gasteiger partial charge in [0.15, 0.2) is 6.61 Å². The second-order valence-electron chi connectivity index (χ2n) is 5.91. The van der Waals surface area contributed by atoms with Crippen molar-refractivity contribution >= 4 is 51.0 Å². The van der Waals surface area contributed by atoms with Gasteiger partial charge in [0.25, 0.3) is 11.8 Å². The molecule has 0 saturated heterocycles. The van der Waals surface area contributed by atoms with E-state index in [0.717, 1.165) is 6.07 Å². The normalized spacial score (nSPS) is 12.3. The first-order chi connectivity index (χ1) is 13.5. The third-order valence-electron chi connectivity index (χ3n) is 3.66. The molecule has 156 valence electrons. The van der Waals surface area contributed by atoms with E-state index in [2.05, 4.69) is 10.0 Å². The summed E-state index contributed by atoms with van der Waals surface area (Å²) < 4.78 is 33.0. The van der Waals surface area contributed by atoms with Crippen LogP contribution in [0.3, 0.4) is 0 Å². The van der Waals surface area contributed by atoms with Crippen molar-refractivity contribution in [1.29, 1.82) is 0 Å². The second-order valence-corrected chi connectivity index (χ2v) is 8.44. The molecule has 1 heterocycles. The predicted molar refractivity (Wildman–Crippen MR) is 105 cm³/mol. The molecule has 0 saturated carbocycles. The van der Waals surface area contributed by atoms with Gasteiger partial charge < -0.3 is 9.30 Å². The summed E-state index contributed by atoms with van der Waals surface area (Å²) >= 11 is 11.6. The second kappa shape index (κ2) is 9.40. The number of amides is 2. The van der Waals surface area contributed by atoms with Crippen LogP contribution in [0.15, 0.2) is 41.4 Å². The van der Waals surface area contributed by atoms with Gasteiger partial charge in [0.2, 0.25) is 10.0 Å². The van der Waals surface area contributed by atoms with Gasteiger partial charge in [-0.25, -0.2) is 8.42 Å². The molecule has 29 heavy (non-hydrogen) atoms. The van der Waals surface area contributed by atoms with E-state index in [-0.39, 0.29) is 20.6 Å². The van der Waals surface area contributed by atoms with Gasteiger partial charge in [-0.05, 0) is 37.3 Å². The zero-order valence-corrected chi connectivity index (χ0v) is 17.6. The maximum Gasteiger partial charge on any atom is 0.324 e. The highest BCUT2D eigenvalue weighted by Crippen LogP contribution is 2.24. The number of carbonyl (C=O) groups excluding carboxylic acids is 3.